The van der Waals surface area contributed by atoms with Gasteiger partial charge in [-0.15, -0.1) is 11.3 Å². The molecule has 0 saturated carbocycles. The molecule has 3 heterocycles. The Morgan fingerprint density at radius 2 is 2.39 bits per heavy atom. The molecule has 1 saturated heterocycles. The SMILES string of the molecule is NC(=O)C1CCCN1c1nc(Cl)nc2sccc12. The van der Waals surface area contributed by atoms with Gasteiger partial charge in [-0.3, -0.25) is 4.79 Å². The van der Waals surface area contributed by atoms with Crippen LogP contribution in [0.2, 0.25) is 5.28 Å². The summed E-state index contributed by atoms with van der Waals surface area (Å²) in [6, 6.07) is 1.65. The molecule has 1 aliphatic rings. The molecule has 0 spiro atoms. The van der Waals surface area contributed by atoms with Crippen molar-refractivity contribution in [2.75, 3.05) is 11.4 Å². The molecule has 0 radical (unpaired) electrons. The average Bonchev–Trinajstić information content (AvgIpc) is 2.95. The highest BCUT2D eigenvalue weighted by molar-refractivity contribution is 7.16. The van der Waals surface area contributed by atoms with E-state index in [1.165, 1.54) is 11.3 Å². The van der Waals surface area contributed by atoms with E-state index in [0.29, 0.717) is 5.82 Å². The van der Waals surface area contributed by atoms with Crippen LogP contribution in [-0.2, 0) is 4.79 Å². The molecule has 18 heavy (non-hydrogen) atoms. The fraction of sp³-hybridized carbons (Fsp3) is 0.364. The lowest BCUT2D eigenvalue weighted by atomic mass is 10.2. The number of amides is 1. The fourth-order valence-corrected chi connectivity index (χ4v) is 3.32. The van der Waals surface area contributed by atoms with Gasteiger partial charge in [0.05, 0.1) is 5.39 Å². The standard InChI is InChI=1S/C11H11ClN4OS/c12-11-14-9(6-3-5-18-10(6)15-11)16-4-1-2-7(16)8(13)17/h3,5,7H,1-2,4H2,(H2,13,17). The van der Waals surface area contributed by atoms with Crippen LogP contribution in [0.25, 0.3) is 10.2 Å². The molecule has 1 aliphatic heterocycles. The molecule has 1 unspecified atom stereocenters. The number of nitrogens with two attached hydrogens (primary N) is 1. The van der Waals surface area contributed by atoms with Crippen LogP contribution in [0.4, 0.5) is 5.82 Å². The van der Waals surface area contributed by atoms with Crippen LogP contribution in [-0.4, -0.2) is 28.5 Å². The summed E-state index contributed by atoms with van der Waals surface area (Å²) in [6.07, 6.45) is 1.70. The van der Waals surface area contributed by atoms with Gasteiger partial charge in [-0.05, 0) is 35.9 Å². The molecule has 2 aromatic heterocycles. The number of halogens is 1. The number of fused-ring (bicyclic) bond motifs is 1. The van der Waals surface area contributed by atoms with E-state index < -0.39 is 0 Å². The van der Waals surface area contributed by atoms with Gasteiger partial charge in [0.25, 0.3) is 0 Å². The van der Waals surface area contributed by atoms with Crippen molar-refractivity contribution < 1.29 is 4.79 Å². The van der Waals surface area contributed by atoms with Gasteiger partial charge in [-0.1, -0.05) is 0 Å². The smallest absolute Gasteiger partial charge is 0.240 e. The Hall–Kier alpha value is -1.40. The highest BCUT2D eigenvalue weighted by atomic mass is 35.5. The number of primary amides is 1. The van der Waals surface area contributed by atoms with Crippen LogP contribution in [0, 0.1) is 0 Å². The molecule has 1 amide bonds. The zero-order chi connectivity index (χ0) is 12.7. The van der Waals surface area contributed by atoms with Crippen molar-refractivity contribution in [1.82, 2.24) is 9.97 Å². The molecule has 0 aromatic carbocycles. The van der Waals surface area contributed by atoms with Crippen LogP contribution in [0.15, 0.2) is 11.4 Å². The van der Waals surface area contributed by atoms with Crippen LogP contribution in [0.5, 0.6) is 0 Å². The minimum Gasteiger partial charge on any atom is -0.368 e. The summed E-state index contributed by atoms with van der Waals surface area (Å²) < 4.78 is 0. The Morgan fingerprint density at radius 3 is 3.17 bits per heavy atom. The third-order valence-corrected chi connectivity index (χ3v) is 4.11. The van der Waals surface area contributed by atoms with E-state index in [9.17, 15) is 4.79 Å². The maximum absolute atomic E-state index is 11.5. The van der Waals surface area contributed by atoms with Crippen LogP contribution < -0.4 is 10.6 Å². The maximum Gasteiger partial charge on any atom is 0.240 e. The summed E-state index contributed by atoms with van der Waals surface area (Å²) in [6.45, 7) is 0.770. The van der Waals surface area contributed by atoms with E-state index in [1.807, 2.05) is 16.3 Å². The first-order valence-electron chi connectivity index (χ1n) is 5.63. The van der Waals surface area contributed by atoms with E-state index in [4.69, 9.17) is 17.3 Å². The van der Waals surface area contributed by atoms with Gasteiger partial charge in [0, 0.05) is 6.54 Å². The van der Waals surface area contributed by atoms with Crippen molar-refractivity contribution in [3.8, 4) is 0 Å². The topological polar surface area (TPSA) is 72.1 Å². The summed E-state index contributed by atoms with van der Waals surface area (Å²) >= 11 is 7.43. The Balaban J connectivity index is 2.13. The van der Waals surface area contributed by atoms with Gasteiger partial charge in [-0.25, -0.2) is 4.98 Å². The summed E-state index contributed by atoms with van der Waals surface area (Å²) in [4.78, 5) is 22.7. The van der Waals surface area contributed by atoms with Crippen molar-refractivity contribution in [3.63, 3.8) is 0 Å². The van der Waals surface area contributed by atoms with Gasteiger partial charge < -0.3 is 10.6 Å². The molecule has 2 aromatic rings. The highest BCUT2D eigenvalue weighted by Crippen LogP contribution is 2.33. The minimum absolute atomic E-state index is 0.204. The van der Waals surface area contributed by atoms with E-state index in [1.54, 1.807) is 0 Å². The van der Waals surface area contributed by atoms with Gasteiger partial charge in [0.15, 0.2) is 0 Å². The summed E-state index contributed by atoms with van der Waals surface area (Å²) in [5.41, 5.74) is 5.43. The molecule has 0 aliphatic carbocycles. The number of hydrogen-bond acceptors (Lipinski definition) is 5. The molecule has 0 bridgehead atoms. The maximum atomic E-state index is 11.5. The third kappa shape index (κ3) is 1.81. The predicted molar refractivity (Wildman–Crippen MR) is 72.0 cm³/mol. The molecular weight excluding hydrogens is 272 g/mol. The predicted octanol–water partition coefficient (Wildman–Crippen LogP) is 1.80. The van der Waals surface area contributed by atoms with Gasteiger partial charge in [0.2, 0.25) is 11.2 Å². The molecule has 7 heteroatoms. The second-order valence-corrected chi connectivity index (χ2v) is 5.44. The van der Waals surface area contributed by atoms with Gasteiger partial charge >= 0.3 is 0 Å². The van der Waals surface area contributed by atoms with E-state index in [2.05, 4.69) is 9.97 Å². The first-order valence-corrected chi connectivity index (χ1v) is 6.89. The van der Waals surface area contributed by atoms with Crippen molar-refractivity contribution >= 4 is 44.9 Å². The van der Waals surface area contributed by atoms with Crippen molar-refractivity contribution in [1.29, 1.82) is 0 Å². The molecule has 5 nitrogen and oxygen atoms in total. The second-order valence-electron chi connectivity index (χ2n) is 4.21. The van der Waals surface area contributed by atoms with Crippen LogP contribution in [0.3, 0.4) is 0 Å². The zero-order valence-corrected chi connectivity index (χ0v) is 11.0. The lowest BCUT2D eigenvalue weighted by Crippen LogP contribution is -2.40. The number of carbonyl (C=O) groups excluding carboxylic acids is 1. The first kappa shape index (κ1) is 11.7. The fourth-order valence-electron chi connectivity index (χ4n) is 2.35. The number of aromatic nitrogens is 2. The number of anilines is 1. The number of carbonyl (C=O) groups is 1. The molecule has 1 atom stereocenters. The third-order valence-electron chi connectivity index (χ3n) is 3.13. The summed E-state index contributed by atoms with van der Waals surface area (Å²) in [7, 11) is 0. The minimum atomic E-state index is -0.314. The lowest BCUT2D eigenvalue weighted by molar-refractivity contribution is -0.119. The summed E-state index contributed by atoms with van der Waals surface area (Å²) in [5.74, 6) is 0.401. The van der Waals surface area contributed by atoms with E-state index in [-0.39, 0.29) is 17.2 Å². The largest absolute Gasteiger partial charge is 0.368 e. The van der Waals surface area contributed by atoms with Crippen LogP contribution in [0.1, 0.15) is 12.8 Å². The Morgan fingerprint density at radius 1 is 1.56 bits per heavy atom. The number of nitrogens with zero attached hydrogens (tertiary/aromatic N) is 3. The van der Waals surface area contributed by atoms with Crippen molar-refractivity contribution in [2.24, 2.45) is 5.73 Å². The van der Waals surface area contributed by atoms with Gasteiger partial charge in [-0.2, -0.15) is 4.98 Å². The first-order chi connectivity index (χ1) is 8.66. The number of hydrogen-bond donors (Lipinski definition) is 1. The van der Waals surface area contributed by atoms with Crippen molar-refractivity contribution in [2.45, 2.75) is 18.9 Å². The number of thiophene rings is 1. The van der Waals surface area contributed by atoms with E-state index >= 15 is 0 Å². The zero-order valence-electron chi connectivity index (χ0n) is 9.47. The van der Waals surface area contributed by atoms with Crippen LogP contribution >= 0.6 is 22.9 Å². The normalized spacial score (nSPS) is 19.6. The Bertz CT molecular complexity index is 614. The molecular formula is C11H11ClN4OS. The molecule has 2 N–H and O–H groups in total. The quantitative estimate of drug-likeness (QED) is 0.853. The highest BCUT2D eigenvalue weighted by Gasteiger charge is 2.31. The summed E-state index contributed by atoms with van der Waals surface area (Å²) in [5, 5.41) is 3.07. The molecule has 3 rings (SSSR count). The lowest BCUT2D eigenvalue weighted by Gasteiger charge is -2.23. The Kier molecular flexibility index (Phi) is 2.83. The molecule has 1 fully saturated rings. The van der Waals surface area contributed by atoms with Crippen molar-refractivity contribution in [3.05, 3.63) is 16.7 Å². The average molecular weight is 283 g/mol. The second kappa shape index (κ2) is 4.37. The van der Waals surface area contributed by atoms with Gasteiger partial charge in [0.1, 0.15) is 16.7 Å². The Labute approximate surface area is 113 Å². The number of rotatable bonds is 2. The monoisotopic (exact) mass is 282 g/mol. The van der Waals surface area contributed by atoms with E-state index in [0.717, 1.165) is 29.6 Å². The molecule has 94 valence electrons.